The van der Waals surface area contributed by atoms with Crippen LogP contribution in [0, 0.1) is 11.8 Å². The molecule has 4 heteroatoms. The number of carbonyl (C=O) groups is 2. The molecule has 0 unspecified atom stereocenters. The van der Waals surface area contributed by atoms with Crippen LogP contribution in [0.1, 0.15) is 46.0 Å². The van der Waals surface area contributed by atoms with Crippen molar-refractivity contribution in [3.8, 4) is 0 Å². The number of methoxy groups -OCH3 is 1. The first-order chi connectivity index (χ1) is 10.5. The van der Waals surface area contributed by atoms with Crippen LogP contribution in [0.5, 0.6) is 0 Å². The van der Waals surface area contributed by atoms with Gasteiger partial charge in [0, 0.05) is 26.1 Å². The van der Waals surface area contributed by atoms with E-state index in [1.807, 2.05) is 19.9 Å². The van der Waals surface area contributed by atoms with Crippen molar-refractivity contribution in [1.82, 2.24) is 0 Å². The molecule has 0 heterocycles. The molecule has 0 bridgehead atoms. The van der Waals surface area contributed by atoms with E-state index in [4.69, 9.17) is 9.47 Å². The summed E-state index contributed by atoms with van der Waals surface area (Å²) in [6, 6.07) is 0. The second-order valence-electron chi connectivity index (χ2n) is 5.95. The molecule has 1 aliphatic carbocycles. The van der Waals surface area contributed by atoms with Crippen molar-refractivity contribution >= 4 is 11.8 Å². The second-order valence-corrected chi connectivity index (χ2v) is 5.95. The summed E-state index contributed by atoms with van der Waals surface area (Å²) in [7, 11) is 1.68. The lowest BCUT2D eigenvalue weighted by atomic mass is 9.89. The molecule has 2 atom stereocenters. The summed E-state index contributed by atoms with van der Waals surface area (Å²) in [6.07, 6.45) is 11.5. The molecule has 1 aliphatic rings. The van der Waals surface area contributed by atoms with E-state index < -0.39 is 0 Å². The highest BCUT2D eigenvalue weighted by Crippen LogP contribution is 2.28. The third kappa shape index (κ3) is 7.03. The van der Waals surface area contributed by atoms with E-state index in [1.54, 1.807) is 13.2 Å². The van der Waals surface area contributed by atoms with Crippen LogP contribution in [0.4, 0.5) is 0 Å². The van der Waals surface area contributed by atoms with E-state index in [1.165, 1.54) is 0 Å². The predicted molar refractivity (Wildman–Crippen MR) is 86.5 cm³/mol. The first-order valence-electron chi connectivity index (χ1n) is 8.10. The van der Waals surface area contributed by atoms with Crippen LogP contribution >= 0.6 is 0 Å². The Kier molecular flexibility index (Phi) is 8.75. The molecular weight excluding hydrogens is 280 g/mol. The summed E-state index contributed by atoms with van der Waals surface area (Å²) in [6.45, 7) is 4.38. The molecule has 0 aromatic rings. The molecule has 0 saturated heterocycles. The lowest BCUT2D eigenvalue weighted by Crippen LogP contribution is -2.16. The predicted octanol–water partition coefficient (Wildman–Crippen LogP) is 3.46. The summed E-state index contributed by atoms with van der Waals surface area (Å²) in [5, 5.41) is 0. The molecule has 0 saturated carbocycles. The highest BCUT2D eigenvalue weighted by molar-refractivity contribution is 5.94. The highest BCUT2D eigenvalue weighted by Gasteiger charge is 2.28. The van der Waals surface area contributed by atoms with Crippen LogP contribution < -0.4 is 0 Å². The first-order valence-corrected chi connectivity index (χ1v) is 8.10. The Morgan fingerprint density at radius 2 is 2.14 bits per heavy atom. The third-order valence-electron chi connectivity index (χ3n) is 3.72. The van der Waals surface area contributed by atoms with Crippen molar-refractivity contribution in [2.24, 2.45) is 11.8 Å². The van der Waals surface area contributed by atoms with E-state index in [2.05, 4.69) is 12.2 Å². The molecular formula is C18H28O4. The average molecular weight is 308 g/mol. The Labute approximate surface area is 133 Å². The van der Waals surface area contributed by atoms with Gasteiger partial charge in [-0.15, -0.1) is 0 Å². The molecule has 4 nitrogen and oxygen atoms in total. The molecule has 1 rings (SSSR count). The van der Waals surface area contributed by atoms with E-state index >= 15 is 0 Å². The number of unbranched alkanes of at least 4 members (excludes halogenated alkanes) is 1. The number of carbonyl (C=O) groups excluding carboxylic acids is 2. The van der Waals surface area contributed by atoms with Crippen LogP contribution in [0.2, 0.25) is 0 Å². The number of rotatable bonds is 10. The molecule has 22 heavy (non-hydrogen) atoms. The Balaban J connectivity index is 2.21. The molecule has 0 spiro atoms. The van der Waals surface area contributed by atoms with Crippen LogP contribution in [-0.4, -0.2) is 31.6 Å². The summed E-state index contributed by atoms with van der Waals surface area (Å²) in [5.74, 6) is 0.417. The molecule has 0 amide bonds. The fraction of sp³-hybridized carbons (Fsp3) is 0.667. The first kappa shape index (κ1) is 18.6. The molecule has 0 N–H and O–H groups in total. The van der Waals surface area contributed by atoms with Crippen molar-refractivity contribution < 1.29 is 19.1 Å². The highest BCUT2D eigenvalue weighted by atomic mass is 16.5. The van der Waals surface area contributed by atoms with Gasteiger partial charge in [-0.1, -0.05) is 18.2 Å². The van der Waals surface area contributed by atoms with E-state index in [0.717, 1.165) is 25.7 Å². The molecule has 0 aromatic carbocycles. The van der Waals surface area contributed by atoms with E-state index in [9.17, 15) is 9.59 Å². The molecule has 0 radical (unpaired) electrons. The summed E-state index contributed by atoms with van der Waals surface area (Å²) in [4.78, 5) is 23.2. The molecule has 0 fully saturated rings. The van der Waals surface area contributed by atoms with Crippen molar-refractivity contribution in [3.05, 3.63) is 24.3 Å². The fourth-order valence-corrected chi connectivity index (χ4v) is 2.58. The summed E-state index contributed by atoms with van der Waals surface area (Å²) >= 11 is 0. The van der Waals surface area contributed by atoms with Gasteiger partial charge in [-0.25, -0.2) is 0 Å². The largest absolute Gasteiger partial charge is 0.463 e. The lowest BCUT2D eigenvalue weighted by Gasteiger charge is -2.15. The number of hydrogen-bond donors (Lipinski definition) is 0. The van der Waals surface area contributed by atoms with Gasteiger partial charge in [0.25, 0.3) is 0 Å². The number of ether oxygens (including phenoxy) is 2. The van der Waals surface area contributed by atoms with Crippen molar-refractivity contribution in [1.29, 1.82) is 0 Å². The lowest BCUT2D eigenvalue weighted by molar-refractivity contribution is -0.147. The van der Waals surface area contributed by atoms with Crippen LogP contribution in [0.15, 0.2) is 24.3 Å². The molecule has 0 aromatic heterocycles. The third-order valence-corrected chi connectivity index (χ3v) is 3.72. The minimum absolute atomic E-state index is 0.0482. The zero-order valence-corrected chi connectivity index (χ0v) is 13.9. The van der Waals surface area contributed by atoms with Gasteiger partial charge >= 0.3 is 5.97 Å². The topological polar surface area (TPSA) is 52.6 Å². The Bertz CT molecular complexity index is 409. The quantitative estimate of drug-likeness (QED) is 0.352. The number of ketones is 1. The average Bonchev–Trinajstić information content (AvgIpc) is 2.80. The van der Waals surface area contributed by atoms with E-state index in [0.29, 0.717) is 13.0 Å². The van der Waals surface area contributed by atoms with Gasteiger partial charge in [-0.2, -0.15) is 0 Å². The monoisotopic (exact) mass is 308 g/mol. The fourth-order valence-electron chi connectivity index (χ4n) is 2.58. The van der Waals surface area contributed by atoms with Gasteiger partial charge in [0.05, 0.1) is 6.10 Å². The maximum Gasteiger partial charge on any atom is 0.306 e. The van der Waals surface area contributed by atoms with Crippen molar-refractivity contribution in [3.63, 3.8) is 0 Å². The SMILES string of the molecule is COCC[C@H]1C=CC(=O)[C@@H]1C/C=C\CCCC(=O)OC(C)C. The molecule has 0 aliphatic heterocycles. The van der Waals surface area contributed by atoms with Gasteiger partial charge in [0.15, 0.2) is 5.78 Å². The summed E-state index contributed by atoms with van der Waals surface area (Å²) in [5.41, 5.74) is 0. The minimum atomic E-state index is -0.141. The maximum absolute atomic E-state index is 11.8. The standard InChI is InChI=1S/C18H28O4/c1-14(2)22-18(20)9-7-5-4-6-8-16-15(12-13-21-3)10-11-17(16)19/h4,6,10-11,14-16H,5,7-9,12-13H2,1-3H3/b6-4-/t15-,16-/m1/s1. The van der Waals surface area contributed by atoms with Crippen LogP contribution in [0.25, 0.3) is 0 Å². The number of allylic oxidation sites excluding steroid dienone is 4. The molecule has 124 valence electrons. The van der Waals surface area contributed by atoms with Crippen molar-refractivity contribution in [2.75, 3.05) is 13.7 Å². The van der Waals surface area contributed by atoms with Gasteiger partial charge in [-0.3, -0.25) is 9.59 Å². The van der Waals surface area contributed by atoms with Crippen LogP contribution in [0.3, 0.4) is 0 Å². The van der Waals surface area contributed by atoms with Gasteiger partial charge in [0.1, 0.15) is 0 Å². The normalized spacial score (nSPS) is 21.2. The maximum atomic E-state index is 11.8. The number of esters is 1. The Morgan fingerprint density at radius 1 is 1.36 bits per heavy atom. The van der Waals surface area contributed by atoms with Crippen molar-refractivity contribution in [2.45, 2.75) is 52.1 Å². The van der Waals surface area contributed by atoms with E-state index in [-0.39, 0.29) is 29.7 Å². The Morgan fingerprint density at radius 3 is 2.82 bits per heavy atom. The minimum Gasteiger partial charge on any atom is -0.463 e. The second kappa shape index (κ2) is 10.3. The zero-order chi connectivity index (χ0) is 16.4. The Hall–Kier alpha value is -1.42. The van der Waals surface area contributed by atoms with Gasteiger partial charge < -0.3 is 9.47 Å². The number of hydrogen-bond acceptors (Lipinski definition) is 4. The smallest absolute Gasteiger partial charge is 0.306 e. The summed E-state index contributed by atoms with van der Waals surface area (Å²) < 4.78 is 10.2. The van der Waals surface area contributed by atoms with Gasteiger partial charge in [0.2, 0.25) is 0 Å². The van der Waals surface area contributed by atoms with Gasteiger partial charge in [-0.05, 0) is 51.5 Å². The zero-order valence-electron chi connectivity index (χ0n) is 13.9. The van der Waals surface area contributed by atoms with Crippen LogP contribution in [-0.2, 0) is 19.1 Å².